The molecule has 1 aromatic carbocycles. The van der Waals surface area contributed by atoms with Crippen molar-refractivity contribution in [1.82, 2.24) is 5.32 Å². The van der Waals surface area contributed by atoms with Gasteiger partial charge in [0.1, 0.15) is 5.58 Å². The highest BCUT2D eigenvalue weighted by Gasteiger charge is 2.20. The van der Waals surface area contributed by atoms with Crippen LogP contribution in [-0.4, -0.2) is 12.5 Å². The first-order valence-corrected chi connectivity index (χ1v) is 8.54. The summed E-state index contributed by atoms with van der Waals surface area (Å²) in [4.78, 5) is 12.2. The van der Waals surface area contributed by atoms with Crippen molar-refractivity contribution >= 4 is 16.9 Å². The summed E-state index contributed by atoms with van der Waals surface area (Å²) >= 11 is 0. The topological polar surface area (TPSA) is 42.2 Å². The lowest BCUT2D eigenvalue weighted by molar-refractivity contribution is -0.125. The molecule has 0 aliphatic heterocycles. The number of benzene rings is 1. The molecule has 0 spiro atoms. The Bertz CT molecular complexity index is 638. The minimum atomic E-state index is 0.238. The number of rotatable bonds is 5. The van der Waals surface area contributed by atoms with Crippen LogP contribution in [0.25, 0.3) is 11.0 Å². The molecule has 0 bridgehead atoms. The van der Waals surface area contributed by atoms with Gasteiger partial charge in [0, 0.05) is 17.8 Å². The second-order valence-corrected chi connectivity index (χ2v) is 6.32. The molecule has 0 atom stereocenters. The van der Waals surface area contributed by atoms with E-state index in [1.54, 1.807) is 0 Å². The number of hydrogen-bond donors (Lipinski definition) is 1. The van der Waals surface area contributed by atoms with Crippen LogP contribution >= 0.6 is 0 Å². The average Bonchev–Trinajstić information content (AvgIpc) is 2.98. The average molecular weight is 299 g/mol. The Kier molecular flexibility index (Phi) is 4.81. The van der Waals surface area contributed by atoms with Crippen LogP contribution in [0.5, 0.6) is 0 Å². The van der Waals surface area contributed by atoms with Crippen LogP contribution in [0.2, 0.25) is 0 Å². The molecule has 22 heavy (non-hydrogen) atoms. The zero-order chi connectivity index (χ0) is 15.4. The molecule has 1 fully saturated rings. The highest BCUT2D eigenvalue weighted by Crippen LogP contribution is 2.24. The molecule has 3 nitrogen and oxygen atoms in total. The van der Waals surface area contributed by atoms with E-state index in [4.69, 9.17) is 4.42 Å². The number of amides is 1. The van der Waals surface area contributed by atoms with Gasteiger partial charge in [0.2, 0.25) is 5.91 Å². The zero-order valence-corrected chi connectivity index (χ0v) is 13.4. The molecule has 1 heterocycles. The van der Waals surface area contributed by atoms with Crippen LogP contribution in [0.3, 0.4) is 0 Å². The molecule has 3 heteroatoms. The Hall–Kier alpha value is -1.77. The van der Waals surface area contributed by atoms with Crippen LogP contribution in [-0.2, 0) is 17.6 Å². The fourth-order valence-corrected chi connectivity index (χ4v) is 3.37. The molecule has 0 saturated heterocycles. The van der Waals surface area contributed by atoms with E-state index in [0.717, 1.165) is 31.3 Å². The predicted molar refractivity (Wildman–Crippen MR) is 88.9 cm³/mol. The van der Waals surface area contributed by atoms with Crippen LogP contribution in [0.15, 0.2) is 28.9 Å². The third kappa shape index (κ3) is 3.34. The van der Waals surface area contributed by atoms with Crippen molar-refractivity contribution < 1.29 is 9.21 Å². The summed E-state index contributed by atoms with van der Waals surface area (Å²) in [6.07, 6.45) is 9.48. The molecular weight excluding hydrogens is 274 g/mol. The maximum atomic E-state index is 12.2. The lowest BCUT2D eigenvalue weighted by Gasteiger charge is -2.20. The SMILES string of the molecule is CCc1ccc2occ(CCNC(=O)C3CCCCC3)c2c1. The number of nitrogens with one attached hydrogen (secondary N) is 1. The number of aryl methyl sites for hydroxylation is 1. The Balaban J connectivity index is 1.58. The van der Waals surface area contributed by atoms with Crippen LogP contribution in [0.1, 0.15) is 50.2 Å². The fraction of sp³-hybridized carbons (Fsp3) is 0.526. The lowest BCUT2D eigenvalue weighted by Crippen LogP contribution is -2.33. The summed E-state index contributed by atoms with van der Waals surface area (Å²) < 4.78 is 5.61. The third-order valence-corrected chi connectivity index (χ3v) is 4.80. The Morgan fingerprint density at radius 1 is 1.27 bits per heavy atom. The minimum Gasteiger partial charge on any atom is -0.464 e. The van der Waals surface area contributed by atoms with Gasteiger partial charge in [-0.25, -0.2) is 0 Å². The molecule has 1 aliphatic carbocycles. The summed E-state index contributed by atoms with van der Waals surface area (Å²) in [6, 6.07) is 6.36. The second kappa shape index (κ2) is 6.99. The quantitative estimate of drug-likeness (QED) is 0.897. The highest BCUT2D eigenvalue weighted by molar-refractivity contribution is 5.82. The number of carbonyl (C=O) groups excluding carboxylic acids is 1. The van der Waals surface area contributed by atoms with Gasteiger partial charge in [0.05, 0.1) is 6.26 Å². The third-order valence-electron chi connectivity index (χ3n) is 4.80. The molecule has 0 radical (unpaired) electrons. The van der Waals surface area contributed by atoms with Gasteiger partial charge in [0.15, 0.2) is 0 Å². The van der Waals surface area contributed by atoms with E-state index in [1.807, 2.05) is 12.3 Å². The van der Waals surface area contributed by atoms with Gasteiger partial charge in [-0.1, -0.05) is 32.3 Å². The van der Waals surface area contributed by atoms with Crippen molar-refractivity contribution in [3.63, 3.8) is 0 Å². The maximum absolute atomic E-state index is 12.2. The second-order valence-electron chi connectivity index (χ2n) is 6.32. The normalized spacial score (nSPS) is 16.0. The summed E-state index contributed by atoms with van der Waals surface area (Å²) in [6.45, 7) is 2.85. The molecule has 1 N–H and O–H groups in total. The van der Waals surface area contributed by atoms with Crippen molar-refractivity contribution in [3.05, 3.63) is 35.6 Å². The number of fused-ring (bicyclic) bond motifs is 1. The molecule has 1 saturated carbocycles. The van der Waals surface area contributed by atoms with Crippen molar-refractivity contribution in [1.29, 1.82) is 0 Å². The van der Waals surface area contributed by atoms with E-state index >= 15 is 0 Å². The maximum Gasteiger partial charge on any atom is 0.223 e. The molecule has 3 rings (SSSR count). The number of furan rings is 1. The van der Waals surface area contributed by atoms with Gasteiger partial charge in [0.25, 0.3) is 0 Å². The smallest absolute Gasteiger partial charge is 0.223 e. The van der Waals surface area contributed by atoms with E-state index < -0.39 is 0 Å². The van der Waals surface area contributed by atoms with Crippen molar-refractivity contribution in [2.45, 2.75) is 51.9 Å². The summed E-state index contributed by atoms with van der Waals surface area (Å²) in [5.41, 5.74) is 3.45. The van der Waals surface area contributed by atoms with Gasteiger partial charge in [-0.3, -0.25) is 4.79 Å². The van der Waals surface area contributed by atoms with E-state index in [0.29, 0.717) is 6.54 Å². The molecule has 1 aliphatic rings. The first kappa shape index (κ1) is 15.1. The van der Waals surface area contributed by atoms with Gasteiger partial charge < -0.3 is 9.73 Å². The molecule has 118 valence electrons. The number of hydrogen-bond acceptors (Lipinski definition) is 2. The Morgan fingerprint density at radius 2 is 2.09 bits per heavy atom. The summed E-state index contributed by atoms with van der Waals surface area (Å²) in [7, 11) is 0. The van der Waals surface area contributed by atoms with Gasteiger partial charge >= 0.3 is 0 Å². The predicted octanol–water partition coefficient (Wildman–Crippen LogP) is 4.23. The van der Waals surface area contributed by atoms with Crippen molar-refractivity contribution in [3.8, 4) is 0 Å². The Morgan fingerprint density at radius 3 is 2.86 bits per heavy atom. The molecule has 1 amide bonds. The fourth-order valence-electron chi connectivity index (χ4n) is 3.37. The van der Waals surface area contributed by atoms with Crippen LogP contribution in [0, 0.1) is 5.92 Å². The summed E-state index contributed by atoms with van der Waals surface area (Å²) in [5, 5.41) is 4.29. The summed E-state index contributed by atoms with van der Waals surface area (Å²) in [5.74, 6) is 0.475. The van der Waals surface area contributed by atoms with Gasteiger partial charge in [-0.05, 0) is 48.9 Å². The molecule has 1 aromatic heterocycles. The first-order valence-electron chi connectivity index (χ1n) is 8.54. The zero-order valence-electron chi connectivity index (χ0n) is 13.4. The van der Waals surface area contributed by atoms with E-state index in [9.17, 15) is 4.79 Å². The number of carbonyl (C=O) groups is 1. The monoisotopic (exact) mass is 299 g/mol. The lowest BCUT2D eigenvalue weighted by atomic mass is 9.88. The molecular formula is C19H25NO2. The van der Waals surface area contributed by atoms with Crippen LogP contribution < -0.4 is 5.32 Å². The van der Waals surface area contributed by atoms with Crippen molar-refractivity contribution in [2.75, 3.05) is 6.54 Å². The van der Waals surface area contributed by atoms with E-state index in [2.05, 4.69) is 24.4 Å². The first-order chi connectivity index (χ1) is 10.8. The largest absolute Gasteiger partial charge is 0.464 e. The van der Waals surface area contributed by atoms with Gasteiger partial charge in [-0.2, -0.15) is 0 Å². The molecule has 0 unspecified atom stereocenters. The minimum absolute atomic E-state index is 0.238. The highest BCUT2D eigenvalue weighted by atomic mass is 16.3. The van der Waals surface area contributed by atoms with E-state index in [-0.39, 0.29) is 11.8 Å². The molecule has 2 aromatic rings. The van der Waals surface area contributed by atoms with Crippen molar-refractivity contribution in [2.24, 2.45) is 5.92 Å². The van der Waals surface area contributed by atoms with Gasteiger partial charge in [-0.15, -0.1) is 0 Å². The Labute approximate surface area is 132 Å². The van der Waals surface area contributed by atoms with E-state index in [1.165, 1.54) is 35.8 Å². The standard InChI is InChI=1S/C19H25NO2/c1-2-14-8-9-18-17(12-14)16(13-22-18)10-11-20-19(21)15-6-4-3-5-7-15/h8-9,12-13,15H,2-7,10-11H2,1H3,(H,20,21). The van der Waals surface area contributed by atoms with Crippen LogP contribution in [0.4, 0.5) is 0 Å².